The molecular formula is C47H69N5O7S. The number of aromatic amines is 1. The van der Waals surface area contributed by atoms with Gasteiger partial charge in [0.2, 0.25) is 11.8 Å². The Morgan fingerprint density at radius 1 is 0.917 bits per heavy atom. The third-order valence-electron chi connectivity index (χ3n) is 16.2. The summed E-state index contributed by atoms with van der Waals surface area (Å²) in [5.41, 5.74) is -2.35. The van der Waals surface area contributed by atoms with Crippen LogP contribution in [-0.4, -0.2) is 71.9 Å². The van der Waals surface area contributed by atoms with Gasteiger partial charge in [0.25, 0.3) is 10.0 Å². The minimum absolute atomic E-state index is 0.0184. The van der Waals surface area contributed by atoms with E-state index in [0.717, 1.165) is 51.4 Å². The molecule has 4 aliphatic carbocycles. The van der Waals surface area contributed by atoms with Gasteiger partial charge in [-0.25, -0.2) is 17.9 Å². The van der Waals surface area contributed by atoms with E-state index in [1.807, 2.05) is 48.5 Å². The molecule has 2 spiro atoms. The van der Waals surface area contributed by atoms with Gasteiger partial charge >= 0.3 is 6.03 Å². The number of nitrogens with one attached hydrogen (secondary N) is 4. The summed E-state index contributed by atoms with van der Waals surface area (Å²) in [7, 11) is -4.29. The Morgan fingerprint density at radius 3 is 2.17 bits per heavy atom. The highest BCUT2D eigenvalue weighted by Crippen LogP contribution is 2.88. The van der Waals surface area contributed by atoms with Crippen molar-refractivity contribution in [1.82, 2.24) is 25.2 Å². The number of likely N-dealkylation sites (tertiary alicyclic amines) is 1. The van der Waals surface area contributed by atoms with Crippen LogP contribution in [-0.2, 0) is 29.2 Å². The first-order chi connectivity index (χ1) is 27.9. The van der Waals surface area contributed by atoms with E-state index in [1.54, 1.807) is 29.3 Å². The second-order valence-corrected chi connectivity index (χ2v) is 23.5. The van der Waals surface area contributed by atoms with Crippen LogP contribution in [0.3, 0.4) is 0 Å². The Bertz CT molecular complexity index is 2150. The SMILES string of the molecule is CC[C@@H]1C[C@]1(CC(=O)[C@@H]1C[C@@]2(CN1C(=O)[C@@H](CC(=O)[C@@H](NC(=O)NC(C)(C)C)C1CCCCC1)C(C)(C)C)C(C)(C)C21CCC1)C(=O)NS(=O)(=O)c1cccc2cc[nH]c12. The quantitative estimate of drug-likeness (QED) is 0.159. The summed E-state index contributed by atoms with van der Waals surface area (Å²) in [4.78, 5) is 77.1. The fraction of sp³-hybridized carbons (Fsp3) is 0.723. The highest BCUT2D eigenvalue weighted by Gasteiger charge is 2.85. The normalized spacial score (nSPS) is 28.2. The fourth-order valence-electron chi connectivity index (χ4n) is 12.3. The zero-order chi connectivity index (χ0) is 43.8. The summed E-state index contributed by atoms with van der Waals surface area (Å²) < 4.78 is 29.9. The van der Waals surface area contributed by atoms with Gasteiger partial charge in [-0.15, -0.1) is 0 Å². The van der Waals surface area contributed by atoms with Crippen molar-refractivity contribution in [2.45, 2.75) is 168 Å². The largest absolute Gasteiger partial charge is 0.360 e. The van der Waals surface area contributed by atoms with Crippen molar-refractivity contribution in [3.63, 3.8) is 0 Å². The molecule has 0 bridgehead atoms. The van der Waals surface area contributed by atoms with Crippen LogP contribution < -0.4 is 15.4 Å². The molecule has 7 rings (SSSR count). The Hall–Kier alpha value is -3.74. The van der Waals surface area contributed by atoms with Crippen LogP contribution in [0.5, 0.6) is 0 Å². The van der Waals surface area contributed by atoms with E-state index in [9.17, 15) is 27.6 Å². The molecule has 1 aromatic heterocycles. The summed E-state index contributed by atoms with van der Waals surface area (Å²) in [5, 5.41) is 6.66. The number of fused-ring (bicyclic) bond motifs is 2. The third-order valence-corrected chi connectivity index (χ3v) is 17.6. The summed E-state index contributed by atoms with van der Waals surface area (Å²) in [6.07, 6.45) is 10.7. The van der Waals surface area contributed by atoms with Crippen molar-refractivity contribution in [1.29, 1.82) is 0 Å². The van der Waals surface area contributed by atoms with Crippen molar-refractivity contribution < 1.29 is 32.4 Å². The third kappa shape index (κ3) is 7.50. The second-order valence-electron chi connectivity index (χ2n) is 21.9. The lowest BCUT2D eigenvalue weighted by molar-refractivity contribution is -0.146. The minimum atomic E-state index is -4.29. The van der Waals surface area contributed by atoms with E-state index in [1.165, 1.54) is 6.07 Å². The molecule has 0 radical (unpaired) electrons. The molecule has 4 amide bonds. The molecule has 0 unspecified atom stereocenters. The van der Waals surface area contributed by atoms with E-state index in [4.69, 9.17) is 0 Å². The van der Waals surface area contributed by atoms with Crippen molar-refractivity contribution in [3.05, 3.63) is 30.5 Å². The molecule has 60 heavy (non-hydrogen) atoms. The number of H-pyrrole nitrogens is 1. The topological polar surface area (TPSA) is 175 Å². The van der Waals surface area contributed by atoms with Gasteiger partial charge in [-0.3, -0.25) is 19.2 Å². The molecule has 6 atom stereocenters. The van der Waals surface area contributed by atoms with E-state index >= 15 is 4.79 Å². The molecule has 4 saturated carbocycles. The average molecular weight is 848 g/mol. The zero-order valence-corrected chi connectivity index (χ0v) is 38.2. The number of rotatable bonds is 13. The van der Waals surface area contributed by atoms with Gasteiger partial charge in [-0.2, -0.15) is 0 Å². The summed E-state index contributed by atoms with van der Waals surface area (Å²) in [5.74, 6) is -2.32. The van der Waals surface area contributed by atoms with E-state index in [-0.39, 0.29) is 63.3 Å². The number of nitrogens with zero attached hydrogens (tertiary/aromatic N) is 1. The number of hydrogen-bond acceptors (Lipinski definition) is 7. The van der Waals surface area contributed by atoms with Crippen LogP contribution in [0.2, 0.25) is 0 Å². The number of Topliss-reactive ketones (excluding diaryl/α,β-unsaturated/α-hetero) is 2. The van der Waals surface area contributed by atoms with Crippen LogP contribution in [0.1, 0.15) is 146 Å². The van der Waals surface area contributed by atoms with Crippen molar-refractivity contribution in [3.8, 4) is 0 Å². The maximum absolute atomic E-state index is 15.3. The van der Waals surface area contributed by atoms with Gasteiger partial charge in [0.05, 0.1) is 23.0 Å². The van der Waals surface area contributed by atoms with E-state index in [0.29, 0.717) is 36.7 Å². The molecule has 5 aliphatic rings. The maximum atomic E-state index is 15.3. The smallest absolute Gasteiger partial charge is 0.315 e. The van der Waals surface area contributed by atoms with Crippen LogP contribution in [0.4, 0.5) is 4.79 Å². The number of carbonyl (C=O) groups excluding carboxylic acids is 5. The Labute approximate surface area is 357 Å². The van der Waals surface area contributed by atoms with Crippen molar-refractivity contribution >= 4 is 50.3 Å². The summed E-state index contributed by atoms with van der Waals surface area (Å²) >= 11 is 0. The van der Waals surface area contributed by atoms with Crippen molar-refractivity contribution in [2.24, 2.45) is 44.8 Å². The number of ketones is 2. The van der Waals surface area contributed by atoms with Gasteiger partial charge in [-0.05, 0) is 99.5 Å². The second kappa shape index (κ2) is 15.3. The molecule has 5 fully saturated rings. The molecule has 2 aromatic rings. The number of urea groups is 1. The number of benzene rings is 1. The predicted molar refractivity (Wildman–Crippen MR) is 231 cm³/mol. The van der Waals surface area contributed by atoms with Crippen LogP contribution >= 0.6 is 0 Å². The molecule has 1 saturated heterocycles. The number of sulfonamides is 1. The van der Waals surface area contributed by atoms with Gasteiger partial charge in [0, 0.05) is 47.8 Å². The predicted octanol–water partition coefficient (Wildman–Crippen LogP) is 7.81. The Morgan fingerprint density at radius 2 is 1.60 bits per heavy atom. The summed E-state index contributed by atoms with van der Waals surface area (Å²) in [6.45, 7) is 18.4. The zero-order valence-electron chi connectivity index (χ0n) is 37.4. The van der Waals surface area contributed by atoms with Crippen LogP contribution in [0, 0.1) is 44.8 Å². The van der Waals surface area contributed by atoms with E-state index in [2.05, 4.69) is 34.2 Å². The first kappa shape index (κ1) is 44.3. The number of amides is 4. The monoisotopic (exact) mass is 847 g/mol. The molecular weight excluding hydrogens is 779 g/mol. The lowest BCUT2D eigenvalue weighted by atomic mass is 9.73. The average Bonchev–Trinajstić information content (AvgIpc) is 3.66. The first-order valence-electron chi connectivity index (χ1n) is 22.5. The number of aromatic nitrogens is 1. The van der Waals surface area contributed by atoms with Gasteiger partial charge in [0.15, 0.2) is 11.6 Å². The lowest BCUT2D eigenvalue weighted by Crippen LogP contribution is -2.55. The lowest BCUT2D eigenvalue weighted by Gasteiger charge is -2.37. The number of para-hydroxylation sites is 1. The van der Waals surface area contributed by atoms with Crippen LogP contribution in [0.15, 0.2) is 35.4 Å². The Kier molecular flexibility index (Phi) is 11.3. The highest BCUT2D eigenvalue weighted by molar-refractivity contribution is 7.90. The molecule has 13 heteroatoms. The van der Waals surface area contributed by atoms with Gasteiger partial charge in [0.1, 0.15) is 4.90 Å². The first-order valence-corrected chi connectivity index (χ1v) is 24.0. The van der Waals surface area contributed by atoms with Crippen LogP contribution in [0.25, 0.3) is 10.9 Å². The highest BCUT2D eigenvalue weighted by atomic mass is 32.2. The Balaban J connectivity index is 1.16. The van der Waals surface area contributed by atoms with Gasteiger partial charge < -0.3 is 20.5 Å². The maximum Gasteiger partial charge on any atom is 0.315 e. The number of hydrogen-bond donors (Lipinski definition) is 4. The molecule has 1 aromatic carbocycles. The molecule has 4 N–H and O–H groups in total. The van der Waals surface area contributed by atoms with Crippen molar-refractivity contribution in [2.75, 3.05) is 6.54 Å². The number of carbonyl (C=O) groups is 5. The molecule has 330 valence electrons. The fourth-order valence-corrected chi connectivity index (χ4v) is 13.6. The molecule has 2 heterocycles. The molecule has 12 nitrogen and oxygen atoms in total. The minimum Gasteiger partial charge on any atom is -0.360 e. The molecule has 1 aliphatic heterocycles. The van der Waals surface area contributed by atoms with E-state index < -0.39 is 56.3 Å². The standard InChI is InChI=1S/C47H69N5O7S/c1-10-31-25-45(31,40(56)51-60(58,59)36-19-14-18-30-20-23-48-38(30)36)27-35(54)33-26-47(44(8,9)46(47)21-15-22-46)28-52(33)39(55)32(42(2,3)4)24-34(53)37(29-16-12-11-13-17-29)49-41(57)50-43(5,6)7/h14,18-20,23,29,31-33,37,48H,10-13,15-17,21-22,24-28H2,1-9H3,(H,51,56)(H2,49,50,57)/t31-,32-,33+,37+,45-,47-/m1/s1. The van der Waals surface area contributed by atoms with Gasteiger partial charge in [-0.1, -0.05) is 85.8 Å². The summed E-state index contributed by atoms with van der Waals surface area (Å²) in [6, 6.07) is 4.68.